The number of rotatable bonds is 8. The number of nitrogens with zero attached hydrogens (tertiary/aromatic N) is 2. The van der Waals surface area contributed by atoms with Crippen LogP contribution in [0, 0.1) is 6.92 Å². The number of nitrogens with one attached hydrogen (secondary N) is 2. The van der Waals surface area contributed by atoms with Crippen molar-refractivity contribution < 1.29 is 9.53 Å². The van der Waals surface area contributed by atoms with Crippen molar-refractivity contribution in [1.29, 1.82) is 0 Å². The largest absolute Gasteiger partial charge is 0.385 e. The van der Waals surface area contributed by atoms with Crippen LogP contribution in [0.4, 0.5) is 11.6 Å². The Kier molecular flexibility index (Phi) is 6.70. The van der Waals surface area contributed by atoms with Gasteiger partial charge in [-0.15, -0.1) is 0 Å². The minimum absolute atomic E-state index is 0.0970. The van der Waals surface area contributed by atoms with Gasteiger partial charge in [-0.2, -0.15) is 0 Å². The molecular formula is C22H24N4O2. The van der Waals surface area contributed by atoms with Crippen molar-refractivity contribution in [3.8, 4) is 11.3 Å². The van der Waals surface area contributed by atoms with E-state index in [4.69, 9.17) is 4.74 Å². The predicted molar refractivity (Wildman–Crippen MR) is 111 cm³/mol. The summed E-state index contributed by atoms with van der Waals surface area (Å²) < 4.78 is 4.97. The zero-order chi connectivity index (χ0) is 19.8. The molecule has 3 aromatic rings. The zero-order valence-electron chi connectivity index (χ0n) is 16.1. The van der Waals surface area contributed by atoms with Gasteiger partial charge in [-0.25, -0.2) is 9.97 Å². The Bertz CT molecular complexity index is 909. The van der Waals surface area contributed by atoms with E-state index in [1.807, 2.05) is 30.3 Å². The maximum absolute atomic E-state index is 12.1. The molecule has 1 aromatic heterocycles. The van der Waals surface area contributed by atoms with Crippen molar-refractivity contribution in [2.45, 2.75) is 13.3 Å². The summed E-state index contributed by atoms with van der Waals surface area (Å²) >= 11 is 0. The molecule has 0 spiro atoms. The van der Waals surface area contributed by atoms with Crippen LogP contribution in [0.3, 0.4) is 0 Å². The van der Waals surface area contributed by atoms with Crippen LogP contribution in [0.5, 0.6) is 0 Å². The van der Waals surface area contributed by atoms with E-state index in [9.17, 15) is 4.79 Å². The lowest BCUT2D eigenvalue weighted by molar-refractivity contribution is 0.0948. The summed E-state index contributed by atoms with van der Waals surface area (Å²) in [5.41, 5.74) is 4.52. The number of carbonyl (C=O) groups is 1. The van der Waals surface area contributed by atoms with Gasteiger partial charge in [-0.05, 0) is 43.7 Å². The van der Waals surface area contributed by atoms with Crippen LogP contribution in [0.2, 0.25) is 0 Å². The van der Waals surface area contributed by atoms with Gasteiger partial charge in [0.2, 0.25) is 5.95 Å². The Morgan fingerprint density at radius 2 is 1.79 bits per heavy atom. The smallest absolute Gasteiger partial charge is 0.251 e. The fourth-order valence-corrected chi connectivity index (χ4v) is 2.66. The van der Waals surface area contributed by atoms with Gasteiger partial charge in [0, 0.05) is 43.3 Å². The monoisotopic (exact) mass is 376 g/mol. The highest BCUT2D eigenvalue weighted by Gasteiger charge is 2.06. The van der Waals surface area contributed by atoms with Gasteiger partial charge in [-0.3, -0.25) is 4.79 Å². The number of methoxy groups -OCH3 is 1. The molecule has 0 radical (unpaired) electrons. The first-order valence-corrected chi connectivity index (χ1v) is 9.20. The highest BCUT2D eigenvalue weighted by Crippen LogP contribution is 2.20. The van der Waals surface area contributed by atoms with Crippen LogP contribution in [0.1, 0.15) is 22.3 Å². The Morgan fingerprint density at radius 3 is 2.50 bits per heavy atom. The fraction of sp³-hybridized carbons (Fsp3) is 0.227. The van der Waals surface area contributed by atoms with E-state index in [1.54, 1.807) is 25.4 Å². The molecule has 1 heterocycles. The highest BCUT2D eigenvalue weighted by atomic mass is 16.5. The number of anilines is 2. The van der Waals surface area contributed by atoms with Gasteiger partial charge < -0.3 is 15.4 Å². The first-order valence-electron chi connectivity index (χ1n) is 9.20. The third-order valence-corrected chi connectivity index (χ3v) is 4.22. The lowest BCUT2D eigenvalue weighted by Gasteiger charge is -2.08. The van der Waals surface area contributed by atoms with Crippen molar-refractivity contribution in [1.82, 2.24) is 15.3 Å². The van der Waals surface area contributed by atoms with Crippen molar-refractivity contribution in [2.75, 3.05) is 25.6 Å². The second kappa shape index (κ2) is 9.62. The molecule has 0 atom stereocenters. The van der Waals surface area contributed by atoms with E-state index >= 15 is 0 Å². The molecule has 0 aliphatic rings. The van der Waals surface area contributed by atoms with Crippen molar-refractivity contribution in [3.05, 3.63) is 71.9 Å². The van der Waals surface area contributed by atoms with Gasteiger partial charge in [0.25, 0.3) is 5.91 Å². The summed E-state index contributed by atoms with van der Waals surface area (Å²) in [6.45, 7) is 3.28. The summed E-state index contributed by atoms with van der Waals surface area (Å²) in [5.74, 6) is 0.412. The van der Waals surface area contributed by atoms with Gasteiger partial charge in [-0.1, -0.05) is 29.8 Å². The normalized spacial score (nSPS) is 10.5. The second-order valence-electron chi connectivity index (χ2n) is 6.44. The molecule has 1 amide bonds. The van der Waals surface area contributed by atoms with Gasteiger partial charge in [0.05, 0.1) is 5.69 Å². The van der Waals surface area contributed by atoms with E-state index < -0.39 is 0 Å². The standard InChI is InChI=1S/C22H24N4O2/c1-16-4-6-17(7-5-16)20-12-14-24-22(26-20)25-19-10-8-18(9-11-19)21(27)23-13-3-15-28-2/h4-12,14H,3,13,15H2,1-2H3,(H,23,27)(H,24,25,26). The van der Waals surface area contributed by atoms with Crippen molar-refractivity contribution in [2.24, 2.45) is 0 Å². The van der Waals surface area contributed by atoms with E-state index in [-0.39, 0.29) is 5.91 Å². The number of benzene rings is 2. The lowest BCUT2D eigenvalue weighted by atomic mass is 10.1. The third kappa shape index (κ3) is 5.37. The van der Waals surface area contributed by atoms with Gasteiger partial charge >= 0.3 is 0 Å². The van der Waals surface area contributed by atoms with Crippen LogP contribution in [0.25, 0.3) is 11.3 Å². The average Bonchev–Trinajstić information content (AvgIpc) is 2.72. The summed E-state index contributed by atoms with van der Waals surface area (Å²) in [6.07, 6.45) is 2.52. The molecule has 0 aliphatic carbocycles. The van der Waals surface area contributed by atoms with Crippen molar-refractivity contribution in [3.63, 3.8) is 0 Å². The molecule has 28 heavy (non-hydrogen) atoms. The molecule has 2 N–H and O–H groups in total. The van der Waals surface area contributed by atoms with Crippen LogP contribution in [-0.2, 0) is 4.74 Å². The number of amides is 1. The summed E-state index contributed by atoms with van der Waals surface area (Å²) in [4.78, 5) is 21.0. The first kappa shape index (κ1) is 19.5. The molecule has 0 saturated heterocycles. The summed E-state index contributed by atoms with van der Waals surface area (Å²) in [6, 6.07) is 17.3. The van der Waals surface area contributed by atoms with Crippen LogP contribution in [-0.4, -0.2) is 36.1 Å². The minimum atomic E-state index is -0.0970. The van der Waals surface area contributed by atoms with E-state index in [2.05, 4.69) is 39.7 Å². The SMILES string of the molecule is COCCCNC(=O)c1ccc(Nc2nccc(-c3ccc(C)cc3)n2)cc1. The van der Waals surface area contributed by atoms with Gasteiger partial charge in [0.15, 0.2) is 0 Å². The number of aromatic nitrogens is 2. The third-order valence-electron chi connectivity index (χ3n) is 4.22. The number of carbonyl (C=O) groups excluding carboxylic acids is 1. The Hall–Kier alpha value is -3.25. The Morgan fingerprint density at radius 1 is 1.04 bits per heavy atom. The predicted octanol–water partition coefficient (Wildman–Crippen LogP) is 3.96. The maximum atomic E-state index is 12.1. The number of ether oxygens (including phenoxy) is 1. The highest BCUT2D eigenvalue weighted by molar-refractivity contribution is 5.94. The summed E-state index contributed by atoms with van der Waals surface area (Å²) in [7, 11) is 1.65. The number of hydrogen-bond donors (Lipinski definition) is 2. The molecule has 0 unspecified atom stereocenters. The Balaban J connectivity index is 1.63. The lowest BCUT2D eigenvalue weighted by Crippen LogP contribution is -2.25. The van der Waals surface area contributed by atoms with Crippen LogP contribution >= 0.6 is 0 Å². The van der Waals surface area contributed by atoms with Crippen LogP contribution < -0.4 is 10.6 Å². The molecule has 6 heteroatoms. The quantitative estimate of drug-likeness (QED) is 0.582. The fourth-order valence-electron chi connectivity index (χ4n) is 2.66. The molecule has 2 aromatic carbocycles. The average molecular weight is 376 g/mol. The summed E-state index contributed by atoms with van der Waals surface area (Å²) in [5, 5.41) is 6.05. The van der Waals surface area contributed by atoms with Gasteiger partial charge in [0.1, 0.15) is 0 Å². The Labute approximate surface area is 165 Å². The number of hydrogen-bond acceptors (Lipinski definition) is 5. The minimum Gasteiger partial charge on any atom is -0.385 e. The number of aryl methyl sites for hydroxylation is 1. The van der Waals surface area contributed by atoms with E-state index in [0.29, 0.717) is 24.7 Å². The molecule has 144 valence electrons. The molecule has 0 aliphatic heterocycles. The molecule has 6 nitrogen and oxygen atoms in total. The van der Waals surface area contributed by atoms with Crippen molar-refractivity contribution >= 4 is 17.5 Å². The molecule has 0 fully saturated rings. The van der Waals surface area contributed by atoms with E-state index in [1.165, 1.54) is 5.56 Å². The maximum Gasteiger partial charge on any atom is 0.251 e. The molecular weight excluding hydrogens is 352 g/mol. The first-order chi connectivity index (χ1) is 13.7. The topological polar surface area (TPSA) is 76.1 Å². The zero-order valence-corrected chi connectivity index (χ0v) is 16.1. The molecule has 0 bridgehead atoms. The van der Waals surface area contributed by atoms with E-state index in [0.717, 1.165) is 23.4 Å². The van der Waals surface area contributed by atoms with Crippen LogP contribution in [0.15, 0.2) is 60.8 Å². The molecule has 0 saturated carbocycles. The molecule has 3 rings (SSSR count). The second-order valence-corrected chi connectivity index (χ2v) is 6.44.